The van der Waals surface area contributed by atoms with E-state index in [1.165, 1.54) is 11.8 Å². The lowest BCUT2D eigenvalue weighted by Gasteiger charge is -2.04. The van der Waals surface area contributed by atoms with Gasteiger partial charge in [0.15, 0.2) is 16.6 Å². The summed E-state index contributed by atoms with van der Waals surface area (Å²) < 4.78 is 7.70. The molecule has 0 radical (unpaired) electrons. The molecular weight excluding hydrogens is 358 g/mol. The summed E-state index contributed by atoms with van der Waals surface area (Å²) in [7, 11) is 0. The molecule has 126 valence electrons. The molecule has 25 heavy (non-hydrogen) atoms. The van der Waals surface area contributed by atoms with Crippen molar-refractivity contribution in [3.8, 4) is 11.3 Å². The number of aryl methyl sites for hydroxylation is 1. The number of nitrogens with zero attached hydrogens (tertiary/aromatic N) is 5. The highest BCUT2D eigenvalue weighted by molar-refractivity contribution is 7.98. The van der Waals surface area contributed by atoms with Crippen LogP contribution in [-0.2, 0) is 12.2 Å². The summed E-state index contributed by atoms with van der Waals surface area (Å²) in [6, 6.07) is 9.45. The third kappa shape index (κ3) is 3.38. The van der Waals surface area contributed by atoms with Crippen LogP contribution in [0.5, 0.6) is 0 Å². The first kappa shape index (κ1) is 16.1. The van der Waals surface area contributed by atoms with Crippen molar-refractivity contribution < 1.29 is 4.42 Å². The molecule has 0 bridgehead atoms. The zero-order valence-electron chi connectivity index (χ0n) is 13.4. The minimum Gasteiger partial charge on any atom is -0.440 e. The maximum absolute atomic E-state index is 6.03. The predicted octanol–water partition coefficient (Wildman–Crippen LogP) is 4.29. The minimum atomic E-state index is 0.564. The van der Waals surface area contributed by atoms with Gasteiger partial charge in [0.2, 0.25) is 5.89 Å². The molecule has 1 aromatic carbocycles. The zero-order valence-corrected chi connectivity index (χ0v) is 15.0. The topological polar surface area (TPSA) is 69.1 Å². The SMILES string of the molecule is CCc1cc2nncn2c(SCc2ncc(-c3cccc(Cl)c3)o2)n1. The Morgan fingerprint density at radius 3 is 3.04 bits per heavy atom. The van der Waals surface area contributed by atoms with Crippen LogP contribution in [0.4, 0.5) is 0 Å². The molecule has 8 heteroatoms. The van der Waals surface area contributed by atoms with E-state index in [4.69, 9.17) is 16.0 Å². The third-order valence-electron chi connectivity index (χ3n) is 3.66. The first-order chi connectivity index (χ1) is 12.2. The Balaban J connectivity index is 1.55. The summed E-state index contributed by atoms with van der Waals surface area (Å²) in [6.45, 7) is 2.06. The number of hydrogen-bond acceptors (Lipinski definition) is 6. The fraction of sp³-hybridized carbons (Fsp3) is 0.176. The Morgan fingerprint density at radius 1 is 1.28 bits per heavy atom. The van der Waals surface area contributed by atoms with E-state index >= 15 is 0 Å². The molecule has 0 aliphatic heterocycles. The van der Waals surface area contributed by atoms with E-state index in [2.05, 4.69) is 27.1 Å². The van der Waals surface area contributed by atoms with E-state index in [0.717, 1.165) is 28.5 Å². The number of hydrogen-bond donors (Lipinski definition) is 0. The molecule has 4 aromatic rings. The van der Waals surface area contributed by atoms with Crippen LogP contribution in [0, 0.1) is 0 Å². The molecule has 0 atom stereocenters. The molecule has 0 spiro atoms. The van der Waals surface area contributed by atoms with Gasteiger partial charge in [-0.25, -0.2) is 9.97 Å². The van der Waals surface area contributed by atoms with Crippen LogP contribution in [0.25, 0.3) is 17.0 Å². The molecule has 3 heterocycles. The Kier molecular flexibility index (Phi) is 4.42. The molecule has 0 amide bonds. The molecule has 0 unspecified atom stereocenters. The van der Waals surface area contributed by atoms with Gasteiger partial charge >= 0.3 is 0 Å². The van der Waals surface area contributed by atoms with Gasteiger partial charge in [0, 0.05) is 22.3 Å². The van der Waals surface area contributed by atoms with Crippen molar-refractivity contribution in [3.63, 3.8) is 0 Å². The number of aromatic nitrogens is 5. The Labute approximate surface area is 153 Å². The highest BCUT2D eigenvalue weighted by Gasteiger charge is 2.11. The Bertz CT molecular complexity index is 1030. The summed E-state index contributed by atoms with van der Waals surface area (Å²) >= 11 is 7.57. The van der Waals surface area contributed by atoms with E-state index in [1.807, 2.05) is 34.7 Å². The van der Waals surface area contributed by atoms with Crippen molar-refractivity contribution in [2.24, 2.45) is 0 Å². The van der Waals surface area contributed by atoms with Gasteiger partial charge in [-0.15, -0.1) is 10.2 Å². The lowest BCUT2D eigenvalue weighted by molar-refractivity contribution is 0.529. The number of benzene rings is 1. The van der Waals surface area contributed by atoms with Crippen LogP contribution in [0.3, 0.4) is 0 Å². The van der Waals surface area contributed by atoms with Gasteiger partial charge in [0.1, 0.15) is 6.33 Å². The van der Waals surface area contributed by atoms with Crippen LogP contribution in [-0.4, -0.2) is 24.6 Å². The second-order valence-corrected chi connectivity index (χ2v) is 6.74. The lowest BCUT2D eigenvalue weighted by Crippen LogP contribution is -1.98. The number of oxazole rings is 1. The van der Waals surface area contributed by atoms with Gasteiger partial charge in [0.05, 0.1) is 11.9 Å². The van der Waals surface area contributed by atoms with Gasteiger partial charge in [0.25, 0.3) is 0 Å². The van der Waals surface area contributed by atoms with Gasteiger partial charge in [-0.2, -0.15) is 0 Å². The first-order valence-electron chi connectivity index (χ1n) is 7.76. The standard InChI is InChI=1S/C17H14ClN5OS/c1-2-13-7-15-22-20-10-23(15)17(21-13)25-9-16-19-8-14(24-16)11-4-3-5-12(18)6-11/h3-8,10H,2,9H2,1H3. The normalized spacial score (nSPS) is 11.3. The van der Waals surface area contributed by atoms with E-state index in [9.17, 15) is 0 Å². The van der Waals surface area contributed by atoms with E-state index in [1.54, 1.807) is 12.5 Å². The van der Waals surface area contributed by atoms with Crippen LogP contribution >= 0.6 is 23.4 Å². The largest absolute Gasteiger partial charge is 0.440 e. The van der Waals surface area contributed by atoms with Crippen LogP contribution < -0.4 is 0 Å². The predicted molar refractivity (Wildman–Crippen MR) is 96.7 cm³/mol. The smallest absolute Gasteiger partial charge is 0.205 e. The molecule has 3 aromatic heterocycles. The molecule has 0 N–H and O–H groups in total. The van der Waals surface area contributed by atoms with Crippen LogP contribution in [0.2, 0.25) is 5.02 Å². The second kappa shape index (κ2) is 6.85. The van der Waals surface area contributed by atoms with Crippen molar-refractivity contribution in [1.82, 2.24) is 24.6 Å². The van der Waals surface area contributed by atoms with Crippen LogP contribution in [0.15, 0.2) is 52.4 Å². The maximum atomic E-state index is 6.03. The average Bonchev–Trinajstić information content (AvgIpc) is 3.28. The quantitative estimate of drug-likeness (QED) is 0.385. The van der Waals surface area contributed by atoms with Crippen molar-refractivity contribution in [1.29, 1.82) is 0 Å². The van der Waals surface area contributed by atoms with E-state index in [-0.39, 0.29) is 0 Å². The fourth-order valence-corrected chi connectivity index (χ4v) is 3.45. The monoisotopic (exact) mass is 371 g/mol. The van der Waals surface area contributed by atoms with Crippen molar-refractivity contribution in [3.05, 3.63) is 59.5 Å². The molecule has 0 aliphatic carbocycles. The number of fused-ring (bicyclic) bond motifs is 1. The van der Waals surface area contributed by atoms with Crippen molar-refractivity contribution in [2.75, 3.05) is 0 Å². The Hall–Kier alpha value is -2.38. The third-order valence-corrected chi connectivity index (χ3v) is 4.84. The van der Waals surface area contributed by atoms with Crippen molar-refractivity contribution >= 4 is 29.0 Å². The molecule has 4 rings (SSSR count). The average molecular weight is 372 g/mol. The van der Waals surface area contributed by atoms with E-state index < -0.39 is 0 Å². The number of halogens is 1. The summed E-state index contributed by atoms with van der Waals surface area (Å²) in [5.41, 5.74) is 2.68. The lowest BCUT2D eigenvalue weighted by atomic mass is 10.2. The molecule has 0 saturated heterocycles. The van der Waals surface area contributed by atoms with Gasteiger partial charge < -0.3 is 4.42 Å². The molecule has 0 fully saturated rings. The molecular formula is C17H14ClN5OS. The highest BCUT2D eigenvalue weighted by Crippen LogP contribution is 2.27. The highest BCUT2D eigenvalue weighted by atomic mass is 35.5. The van der Waals surface area contributed by atoms with E-state index in [0.29, 0.717) is 22.4 Å². The minimum absolute atomic E-state index is 0.564. The number of rotatable bonds is 5. The second-order valence-electron chi connectivity index (χ2n) is 5.36. The van der Waals surface area contributed by atoms with Gasteiger partial charge in [-0.05, 0) is 18.6 Å². The summed E-state index contributed by atoms with van der Waals surface area (Å²) in [5, 5.41) is 9.54. The molecule has 0 saturated carbocycles. The van der Waals surface area contributed by atoms with Gasteiger partial charge in [-0.3, -0.25) is 4.40 Å². The van der Waals surface area contributed by atoms with Gasteiger partial charge in [-0.1, -0.05) is 42.4 Å². The summed E-state index contributed by atoms with van der Waals surface area (Å²) in [5.74, 6) is 1.89. The molecule has 0 aliphatic rings. The maximum Gasteiger partial charge on any atom is 0.205 e. The summed E-state index contributed by atoms with van der Waals surface area (Å²) in [4.78, 5) is 8.99. The summed E-state index contributed by atoms with van der Waals surface area (Å²) in [6.07, 6.45) is 4.22. The fourth-order valence-electron chi connectivity index (χ4n) is 2.41. The number of thioether (sulfide) groups is 1. The Morgan fingerprint density at radius 2 is 2.20 bits per heavy atom. The zero-order chi connectivity index (χ0) is 17.2. The first-order valence-corrected chi connectivity index (χ1v) is 9.12. The van der Waals surface area contributed by atoms with Crippen LogP contribution in [0.1, 0.15) is 18.5 Å². The molecule has 6 nitrogen and oxygen atoms in total. The van der Waals surface area contributed by atoms with Crippen molar-refractivity contribution in [2.45, 2.75) is 24.3 Å².